The minimum Gasteiger partial charge on any atom is -0.512 e. The summed E-state index contributed by atoms with van der Waals surface area (Å²) in [5, 5.41) is 31.4. The Morgan fingerprint density at radius 1 is 1.11 bits per heavy atom. The van der Waals surface area contributed by atoms with Crippen LogP contribution in [0, 0.1) is 16.7 Å². The molecule has 2 aliphatic rings. The van der Waals surface area contributed by atoms with Crippen LogP contribution >= 0.6 is 0 Å². The SMILES string of the molecule is CC(C)(CC(=O)O)C(=O)/C1=C(\O)CC2(CCC2)CC(Cc2ccc(-c3ccccn3)cc2)CC1O. The van der Waals surface area contributed by atoms with Crippen LogP contribution in [0.1, 0.15) is 64.4 Å². The zero-order valence-corrected chi connectivity index (χ0v) is 20.5. The van der Waals surface area contributed by atoms with Crippen molar-refractivity contribution in [3.63, 3.8) is 0 Å². The third-order valence-corrected chi connectivity index (χ3v) is 7.77. The monoisotopic (exact) mass is 477 g/mol. The van der Waals surface area contributed by atoms with Crippen molar-refractivity contribution in [2.75, 3.05) is 0 Å². The van der Waals surface area contributed by atoms with Gasteiger partial charge >= 0.3 is 5.97 Å². The maximum atomic E-state index is 13.3. The first-order valence-corrected chi connectivity index (χ1v) is 12.5. The average Bonchev–Trinajstić information content (AvgIpc) is 2.77. The first kappa shape index (κ1) is 25.1. The van der Waals surface area contributed by atoms with Crippen molar-refractivity contribution in [3.05, 3.63) is 65.6 Å². The molecule has 0 saturated heterocycles. The van der Waals surface area contributed by atoms with Crippen LogP contribution in [-0.4, -0.2) is 38.2 Å². The van der Waals surface area contributed by atoms with E-state index in [0.717, 1.165) is 48.9 Å². The van der Waals surface area contributed by atoms with Crippen molar-refractivity contribution < 1.29 is 24.9 Å². The predicted molar refractivity (Wildman–Crippen MR) is 134 cm³/mol. The smallest absolute Gasteiger partial charge is 0.304 e. The minimum atomic E-state index is -1.21. The average molecular weight is 478 g/mol. The Labute approximate surface area is 206 Å². The number of ketones is 1. The maximum Gasteiger partial charge on any atom is 0.304 e. The van der Waals surface area contributed by atoms with Crippen LogP contribution in [0.15, 0.2) is 60.0 Å². The van der Waals surface area contributed by atoms with Gasteiger partial charge in [0.05, 0.1) is 23.8 Å². The molecule has 1 fully saturated rings. The van der Waals surface area contributed by atoms with Gasteiger partial charge in [-0.15, -0.1) is 0 Å². The maximum absolute atomic E-state index is 13.3. The number of nitrogens with zero attached hydrogens (tertiary/aromatic N) is 1. The summed E-state index contributed by atoms with van der Waals surface area (Å²) in [5.41, 5.74) is 1.86. The number of carboxylic acid groups (broad SMARTS) is 1. The molecule has 1 aromatic heterocycles. The zero-order valence-electron chi connectivity index (χ0n) is 20.5. The van der Waals surface area contributed by atoms with E-state index in [1.54, 1.807) is 20.0 Å². The second kappa shape index (κ2) is 9.94. The van der Waals surface area contributed by atoms with E-state index < -0.39 is 23.3 Å². The summed E-state index contributed by atoms with van der Waals surface area (Å²) < 4.78 is 0. The van der Waals surface area contributed by atoms with E-state index in [1.807, 2.05) is 18.2 Å². The highest BCUT2D eigenvalue weighted by molar-refractivity contribution is 6.02. The number of aliphatic hydroxyl groups excluding tert-OH is 2. The third-order valence-electron chi connectivity index (χ3n) is 7.77. The van der Waals surface area contributed by atoms with E-state index in [-0.39, 0.29) is 29.1 Å². The molecule has 0 aliphatic heterocycles. The van der Waals surface area contributed by atoms with Gasteiger partial charge in [0.25, 0.3) is 0 Å². The van der Waals surface area contributed by atoms with Gasteiger partial charge in [-0.05, 0) is 61.1 Å². The summed E-state index contributed by atoms with van der Waals surface area (Å²) in [6.45, 7) is 3.13. The molecule has 0 amide bonds. The molecule has 6 heteroatoms. The normalized spacial score (nSPS) is 24.3. The van der Waals surface area contributed by atoms with E-state index in [4.69, 9.17) is 0 Å². The molecule has 3 N–H and O–H groups in total. The lowest BCUT2D eigenvalue weighted by molar-refractivity contribution is -0.142. The Morgan fingerprint density at radius 3 is 2.40 bits per heavy atom. The number of hydrogen-bond donors (Lipinski definition) is 3. The summed E-state index contributed by atoms with van der Waals surface area (Å²) in [4.78, 5) is 29.1. The Hall–Kier alpha value is -2.99. The van der Waals surface area contributed by atoms with Crippen LogP contribution in [0.3, 0.4) is 0 Å². The Bertz CT molecular complexity index is 1100. The lowest BCUT2D eigenvalue weighted by Crippen LogP contribution is -2.40. The number of aliphatic hydroxyl groups is 2. The lowest BCUT2D eigenvalue weighted by Gasteiger charge is -2.46. The summed E-state index contributed by atoms with van der Waals surface area (Å²) in [7, 11) is 0. The number of aliphatic carboxylic acids is 1. The second-order valence-electron chi connectivity index (χ2n) is 11.1. The molecule has 1 heterocycles. The van der Waals surface area contributed by atoms with Crippen LogP contribution in [0.2, 0.25) is 0 Å². The Balaban J connectivity index is 1.57. The zero-order chi connectivity index (χ0) is 25.2. The van der Waals surface area contributed by atoms with Crippen molar-refractivity contribution in [1.29, 1.82) is 0 Å². The highest BCUT2D eigenvalue weighted by atomic mass is 16.4. The molecule has 1 saturated carbocycles. The molecule has 1 aromatic carbocycles. The highest BCUT2D eigenvalue weighted by Crippen LogP contribution is 2.53. The largest absolute Gasteiger partial charge is 0.512 e. The number of pyridine rings is 1. The fourth-order valence-corrected chi connectivity index (χ4v) is 5.84. The van der Waals surface area contributed by atoms with Crippen LogP contribution in [0.5, 0.6) is 0 Å². The van der Waals surface area contributed by atoms with E-state index in [1.165, 1.54) is 0 Å². The molecular weight excluding hydrogens is 442 g/mol. The number of benzene rings is 1. The van der Waals surface area contributed by atoms with Gasteiger partial charge < -0.3 is 15.3 Å². The van der Waals surface area contributed by atoms with Crippen molar-refractivity contribution in [1.82, 2.24) is 4.98 Å². The number of rotatable bonds is 7. The van der Waals surface area contributed by atoms with Gasteiger partial charge in [0.2, 0.25) is 0 Å². The topological polar surface area (TPSA) is 108 Å². The van der Waals surface area contributed by atoms with Gasteiger partial charge in [0, 0.05) is 23.6 Å². The fourth-order valence-electron chi connectivity index (χ4n) is 5.84. The van der Waals surface area contributed by atoms with Crippen LogP contribution < -0.4 is 0 Å². The van der Waals surface area contributed by atoms with Gasteiger partial charge in [-0.3, -0.25) is 14.6 Å². The number of allylic oxidation sites excluding steroid dienone is 1. The molecule has 2 aliphatic carbocycles. The molecule has 2 atom stereocenters. The van der Waals surface area contributed by atoms with Crippen molar-refractivity contribution in [2.24, 2.45) is 16.7 Å². The van der Waals surface area contributed by atoms with Crippen molar-refractivity contribution in [2.45, 2.75) is 71.3 Å². The number of hydrogen-bond acceptors (Lipinski definition) is 5. The number of Topliss-reactive ketones (excluding diaryl/α,β-unsaturated/α-hetero) is 1. The number of aromatic nitrogens is 1. The first-order valence-electron chi connectivity index (χ1n) is 12.5. The molecule has 0 bridgehead atoms. The number of carbonyl (C=O) groups is 2. The Morgan fingerprint density at radius 2 is 1.83 bits per heavy atom. The predicted octanol–water partition coefficient (Wildman–Crippen LogP) is 5.50. The lowest BCUT2D eigenvalue weighted by atomic mass is 9.59. The van der Waals surface area contributed by atoms with Gasteiger partial charge in [-0.2, -0.15) is 0 Å². The van der Waals surface area contributed by atoms with Crippen LogP contribution in [0.4, 0.5) is 0 Å². The molecule has 4 rings (SSSR count). The summed E-state index contributed by atoms with van der Waals surface area (Å²) >= 11 is 0. The molecule has 0 radical (unpaired) electrons. The molecule has 186 valence electrons. The molecule has 1 spiro atoms. The molecular formula is C29H35NO5. The van der Waals surface area contributed by atoms with Crippen molar-refractivity contribution >= 4 is 11.8 Å². The van der Waals surface area contributed by atoms with E-state index in [2.05, 4.69) is 29.2 Å². The fraction of sp³-hybridized carbons (Fsp3) is 0.483. The standard InChI is InChI=1S/C29H35NO5/c1-28(2,18-25(33)34)27(35)26-23(31)15-20(16-29(11-5-12-29)17-24(26)32)14-19-7-9-21(10-8-19)22-6-3-4-13-30-22/h3-4,6-10,13,20,23,31-32H,5,11-12,14-18H2,1-2H3,(H,33,34)/b26-24-. The quantitative estimate of drug-likeness (QED) is 0.486. The van der Waals surface area contributed by atoms with Gasteiger partial charge in [0.1, 0.15) is 5.76 Å². The highest BCUT2D eigenvalue weighted by Gasteiger charge is 2.45. The third kappa shape index (κ3) is 5.64. The van der Waals surface area contributed by atoms with Gasteiger partial charge in [-0.25, -0.2) is 0 Å². The number of carbonyl (C=O) groups excluding carboxylic acids is 1. The van der Waals surface area contributed by atoms with Crippen LogP contribution in [0.25, 0.3) is 11.3 Å². The minimum absolute atomic E-state index is 0.0118. The van der Waals surface area contributed by atoms with Crippen LogP contribution in [-0.2, 0) is 16.0 Å². The molecule has 2 aromatic rings. The van der Waals surface area contributed by atoms with E-state index >= 15 is 0 Å². The first-order chi connectivity index (χ1) is 16.6. The second-order valence-corrected chi connectivity index (χ2v) is 11.1. The van der Waals surface area contributed by atoms with Crippen molar-refractivity contribution in [3.8, 4) is 11.3 Å². The molecule has 6 nitrogen and oxygen atoms in total. The summed E-state index contributed by atoms with van der Waals surface area (Å²) in [6.07, 6.45) is 5.74. The number of carboxylic acids is 1. The summed E-state index contributed by atoms with van der Waals surface area (Å²) in [6, 6.07) is 14.1. The molecule has 2 unspecified atom stereocenters. The summed E-state index contributed by atoms with van der Waals surface area (Å²) in [5.74, 6) is -1.46. The van der Waals surface area contributed by atoms with Gasteiger partial charge in [-0.1, -0.05) is 50.6 Å². The van der Waals surface area contributed by atoms with E-state index in [0.29, 0.717) is 12.8 Å². The Kier molecular flexibility index (Phi) is 7.13. The van der Waals surface area contributed by atoms with E-state index in [9.17, 15) is 24.9 Å². The molecule has 35 heavy (non-hydrogen) atoms. The van der Waals surface area contributed by atoms with Gasteiger partial charge in [0.15, 0.2) is 5.78 Å².